The van der Waals surface area contributed by atoms with Crippen LogP contribution in [0.4, 0.5) is 0 Å². The number of nitrogens with one attached hydrogen (secondary N) is 2. The first kappa shape index (κ1) is 41.7. The van der Waals surface area contributed by atoms with Crippen LogP contribution >= 0.6 is 0 Å². The molecule has 0 bridgehead atoms. The molecule has 1 amide bonds. The van der Waals surface area contributed by atoms with Crippen LogP contribution in [0.25, 0.3) is 11.4 Å². The molecule has 0 atom stereocenters. The Hall–Kier alpha value is -3.42. The van der Waals surface area contributed by atoms with E-state index in [-0.39, 0.29) is 12.3 Å². The standard InChI is InChI=1S/C31H50N8O10/c1-27-35-37-31(38-36-27)29-4-2-28(3-5-29)26-33-30(40)6-8-41-10-12-43-14-16-45-18-20-47-22-24-49-25-23-48-21-19-46-17-15-44-13-11-42-9-7-34-39-32/h2-5,32H,6-26H2,1H3/p+1. The molecule has 0 aliphatic heterocycles. The molecule has 0 aliphatic carbocycles. The molecule has 0 fully saturated rings. The third-order valence-corrected chi connectivity index (χ3v) is 6.14. The van der Waals surface area contributed by atoms with Crippen molar-refractivity contribution in [2.45, 2.75) is 19.9 Å². The van der Waals surface area contributed by atoms with E-state index in [9.17, 15) is 4.79 Å². The van der Waals surface area contributed by atoms with Gasteiger partial charge in [0.05, 0.1) is 119 Å². The zero-order valence-electron chi connectivity index (χ0n) is 28.4. The molecule has 18 nitrogen and oxygen atoms in total. The second kappa shape index (κ2) is 30.6. The van der Waals surface area contributed by atoms with Gasteiger partial charge in [-0.3, -0.25) is 4.79 Å². The number of carbonyl (C=O) groups excluding carboxylic acids is 1. The van der Waals surface area contributed by atoms with E-state index >= 15 is 0 Å². The van der Waals surface area contributed by atoms with Gasteiger partial charge >= 0.3 is 0 Å². The molecule has 0 saturated carbocycles. The second-order valence-electron chi connectivity index (χ2n) is 9.97. The first-order chi connectivity index (χ1) is 24.2. The topological polar surface area (TPSA) is 214 Å². The molecule has 2 aromatic rings. The summed E-state index contributed by atoms with van der Waals surface area (Å²) in [5.41, 5.74) is 8.28. The number of benzene rings is 1. The predicted molar refractivity (Wildman–Crippen MR) is 174 cm³/mol. The highest BCUT2D eigenvalue weighted by atomic mass is 16.6. The maximum Gasteiger partial charge on any atom is 0.222 e. The molecule has 1 aromatic carbocycles. The summed E-state index contributed by atoms with van der Waals surface area (Å²) in [6.07, 6.45) is 0.269. The minimum Gasteiger partial charge on any atom is -0.379 e. The van der Waals surface area contributed by atoms with E-state index in [4.69, 9.17) is 48.2 Å². The van der Waals surface area contributed by atoms with Crippen molar-refractivity contribution in [3.05, 3.63) is 35.7 Å². The zero-order chi connectivity index (χ0) is 34.9. The Morgan fingerprint density at radius 1 is 0.612 bits per heavy atom. The van der Waals surface area contributed by atoms with Gasteiger partial charge in [-0.15, -0.1) is 20.4 Å². The van der Waals surface area contributed by atoms with Crippen LogP contribution < -0.4 is 10.2 Å². The number of nitrogens with zero attached hydrogens (tertiary/aromatic N) is 6. The molecule has 0 saturated heterocycles. The molecule has 0 spiro atoms. The predicted octanol–water partition coefficient (Wildman–Crippen LogP) is 0.948. The van der Waals surface area contributed by atoms with Gasteiger partial charge in [0.25, 0.3) is 0 Å². The molecule has 18 heteroatoms. The molecule has 49 heavy (non-hydrogen) atoms. The average Bonchev–Trinajstić information content (AvgIpc) is 3.12. The van der Waals surface area contributed by atoms with Crippen LogP contribution in [0.15, 0.2) is 29.4 Å². The number of amides is 1. The first-order valence-electron chi connectivity index (χ1n) is 16.3. The summed E-state index contributed by atoms with van der Waals surface area (Å²) in [5.74, 6) is 0.884. The normalized spacial score (nSPS) is 11.0. The Bertz CT molecular complexity index is 1130. The maximum atomic E-state index is 12.1. The second-order valence-corrected chi connectivity index (χ2v) is 9.97. The molecule has 0 unspecified atom stereocenters. The van der Waals surface area contributed by atoms with Crippen LogP contribution in [0, 0.1) is 12.5 Å². The molecule has 274 valence electrons. The summed E-state index contributed by atoms with van der Waals surface area (Å²) in [4.78, 5) is 15.0. The van der Waals surface area contributed by atoms with Crippen molar-refractivity contribution < 1.29 is 47.4 Å². The van der Waals surface area contributed by atoms with Gasteiger partial charge in [-0.2, -0.15) is 0 Å². The van der Waals surface area contributed by atoms with E-state index in [2.05, 4.69) is 35.7 Å². The van der Waals surface area contributed by atoms with Gasteiger partial charge in [0.2, 0.25) is 16.6 Å². The Labute approximate surface area is 287 Å². The molecule has 0 radical (unpaired) electrons. The zero-order valence-corrected chi connectivity index (χ0v) is 28.4. The van der Waals surface area contributed by atoms with E-state index in [0.717, 1.165) is 11.1 Å². The van der Waals surface area contributed by atoms with Crippen LogP contribution in [0.3, 0.4) is 0 Å². The lowest BCUT2D eigenvalue weighted by atomic mass is 10.1. The number of hydrogen-bond acceptors (Lipinski definition) is 16. The highest BCUT2D eigenvalue weighted by Gasteiger charge is 2.05. The van der Waals surface area contributed by atoms with Gasteiger partial charge in [-0.05, 0) is 12.5 Å². The van der Waals surface area contributed by atoms with Crippen molar-refractivity contribution in [1.29, 1.82) is 5.53 Å². The fraction of sp³-hybridized carbons (Fsp3) is 0.710. The summed E-state index contributed by atoms with van der Waals surface area (Å²) in [7, 11) is 0. The molecule has 1 heterocycles. The maximum absolute atomic E-state index is 12.1. The quantitative estimate of drug-likeness (QED) is 0.0604. The van der Waals surface area contributed by atoms with Crippen LogP contribution in [0.1, 0.15) is 17.8 Å². The number of ether oxygens (including phenoxy) is 9. The van der Waals surface area contributed by atoms with E-state index in [0.29, 0.717) is 144 Å². The number of hydrogen-bond donors (Lipinski definition) is 2. The van der Waals surface area contributed by atoms with E-state index < -0.39 is 0 Å². The minimum atomic E-state index is -0.0882. The van der Waals surface area contributed by atoms with Crippen molar-refractivity contribution in [3.8, 4) is 11.4 Å². The van der Waals surface area contributed by atoms with Crippen LogP contribution in [0.5, 0.6) is 0 Å². The smallest absolute Gasteiger partial charge is 0.222 e. The monoisotopic (exact) mass is 695 g/mol. The van der Waals surface area contributed by atoms with E-state index in [1.807, 2.05) is 24.3 Å². The number of carbonyl (C=O) groups is 1. The number of aromatic nitrogens is 4. The molecule has 2 N–H and O–H groups in total. The highest BCUT2D eigenvalue weighted by Crippen LogP contribution is 2.14. The van der Waals surface area contributed by atoms with Crippen molar-refractivity contribution in [2.75, 3.05) is 125 Å². The summed E-state index contributed by atoms with van der Waals surface area (Å²) in [5, 5.41) is 22.2. The Morgan fingerprint density at radius 2 is 1.00 bits per heavy atom. The van der Waals surface area contributed by atoms with Gasteiger partial charge in [-0.25, -0.2) is 0 Å². The lowest BCUT2D eigenvalue weighted by Crippen LogP contribution is -2.24. The van der Waals surface area contributed by atoms with Gasteiger partial charge in [0.15, 0.2) is 5.82 Å². The third kappa shape index (κ3) is 24.4. The molecular weight excluding hydrogens is 644 g/mol. The summed E-state index contributed by atoms with van der Waals surface area (Å²) in [6, 6.07) is 7.55. The minimum absolute atomic E-state index is 0.0882. The van der Waals surface area contributed by atoms with E-state index in [1.165, 1.54) is 0 Å². The first-order valence-corrected chi connectivity index (χ1v) is 16.3. The summed E-state index contributed by atoms with van der Waals surface area (Å²) >= 11 is 0. The lowest BCUT2D eigenvalue weighted by molar-refractivity contribution is -0.122. The van der Waals surface area contributed by atoms with E-state index in [1.54, 1.807) is 6.92 Å². The molecular formula is C31H51N8O10+. The Kier molecular flexibility index (Phi) is 26.1. The van der Waals surface area contributed by atoms with Gasteiger partial charge in [-0.1, -0.05) is 24.3 Å². The fourth-order valence-corrected chi connectivity index (χ4v) is 3.64. The van der Waals surface area contributed by atoms with Gasteiger partial charge in [0, 0.05) is 18.5 Å². The Morgan fingerprint density at radius 3 is 1.41 bits per heavy atom. The molecule has 1 aromatic heterocycles. The number of rotatable bonds is 33. The van der Waals surface area contributed by atoms with Crippen LogP contribution in [-0.4, -0.2) is 152 Å². The lowest BCUT2D eigenvalue weighted by Gasteiger charge is -2.09. The average molecular weight is 696 g/mol. The van der Waals surface area contributed by atoms with Crippen molar-refractivity contribution in [1.82, 2.24) is 30.6 Å². The van der Waals surface area contributed by atoms with Crippen LogP contribution in [0.2, 0.25) is 0 Å². The Balaban J connectivity index is 1.23. The SMILES string of the molecule is Cc1nnc(-c2ccc(CNC(=O)CCOCCOCCOCCOCCOCCOCCOCCOCCOCCN=[N+]=N)cc2)nn1. The molecule has 2 rings (SSSR count). The fourth-order valence-electron chi connectivity index (χ4n) is 3.64. The largest absolute Gasteiger partial charge is 0.379 e. The number of aryl methyl sites for hydroxylation is 1. The van der Waals surface area contributed by atoms with Crippen molar-refractivity contribution >= 4 is 5.91 Å². The van der Waals surface area contributed by atoms with Gasteiger partial charge in [0.1, 0.15) is 17.2 Å². The summed E-state index contributed by atoms with van der Waals surface area (Å²) < 4.78 is 48.9. The highest BCUT2D eigenvalue weighted by molar-refractivity contribution is 5.76. The molecule has 0 aliphatic rings. The van der Waals surface area contributed by atoms with Gasteiger partial charge < -0.3 is 47.9 Å². The van der Waals surface area contributed by atoms with Crippen molar-refractivity contribution in [3.63, 3.8) is 0 Å². The van der Waals surface area contributed by atoms with Crippen molar-refractivity contribution in [2.24, 2.45) is 5.11 Å². The third-order valence-electron chi connectivity index (χ3n) is 6.14. The summed E-state index contributed by atoms with van der Waals surface area (Å²) in [6.45, 7) is 10.8. The van der Waals surface area contributed by atoms with Crippen LogP contribution in [-0.2, 0) is 54.0 Å².